The molecule has 0 N–H and O–H groups in total. The van der Waals surface area contributed by atoms with E-state index in [4.69, 9.17) is 10.00 Å². The molecule has 0 unspecified atom stereocenters. The zero-order valence-electron chi connectivity index (χ0n) is 8.37. The quantitative estimate of drug-likeness (QED) is 0.727. The number of methoxy groups -OCH3 is 1. The highest BCUT2D eigenvalue weighted by molar-refractivity contribution is 5.49. The standard InChI is InChI=1S/C12H12NO/c1-4-9(2)10-5-6-11(8-13)12(7-10)14-3/h4-7H,1H2,2-3H3. The normalized spacial score (nSPS) is 9.57. The van der Waals surface area contributed by atoms with Crippen LogP contribution in [0, 0.1) is 17.2 Å². The molecule has 0 saturated carbocycles. The van der Waals surface area contributed by atoms with Crippen LogP contribution in [0.1, 0.15) is 18.1 Å². The van der Waals surface area contributed by atoms with Crippen molar-refractivity contribution in [3.05, 3.63) is 47.9 Å². The fourth-order valence-electron chi connectivity index (χ4n) is 1.15. The number of hydrogen-bond donors (Lipinski definition) is 0. The molecule has 0 heterocycles. The van der Waals surface area contributed by atoms with Crippen LogP contribution in [0.2, 0.25) is 0 Å². The van der Waals surface area contributed by atoms with Gasteiger partial charge in [-0.25, -0.2) is 0 Å². The van der Waals surface area contributed by atoms with Crippen molar-refractivity contribution in [3.8, 4) is 11.8 Å². The summed E-state index contributed by atoms with van der Waals surface area (Å²) in [5.74, 6) is 1.67. The van der Waals surface area contributed by atoms with Crippen molar-refractivity contribution < 1.29 is 4.74 Å². The van der Waals surface area contributed by atoms with Crippen molar-refractivity contribution in [1.29, 1.82) is 5.26 Å². The van der Waals surface area contributed by atoms with Gasteiger partial charge >= 0.3 is 0 Å². The average molecular weight is 186 g/mol. The Kier molecular flexibility index (Phi) is 3.30. The summed E-state index contributed by atoms with van der Waals surface area (Å²) in [5.41, 5.74) is 1.57. The van der Waals surface area contributed by atoms with E-state index in [1.165, 1.54) is 0 Å². The SMILES string of the molecule is C=C[C](C)c1ccc(C#N)c(OC)c1. The highest BCUT2D eigenvalue weighted by Crippen LogP contribution is 2.24. The van der Waals surface area contributed by atoms with Crippen LogP contribution in [0.3, 0.4) is 0 Å². The zero-order chi connectivity index (χ0) is 10.6. The van der Waals surface area contributed by atoms with Gasteiger partial charge in [-0.15, -0.1) is 6.58 Å². The van der Waals surface area contributed by atoms with E-state index in [2.05, 4.69) is 12.6 Å². The summed E-state index contributed by atoms with van der Waals surface area (Å²) in [5, 5.41) is 8.78. The summed E-state index contributed by atoms with van der Waals surface area (Å²) in [6.07, 6.45) is 1.78. The highest BCUT2D eigenvalue weighted by atomic mass is 16.5. The first-order chi connectivity index (χ1) is 6.72. The van der Waals surface area contributed by atoms with Crippen LogP contribution in [0.15, 0.2) is 30.9 Å². The molecule has 2 heteroatoms. The number of benzene rings is 1. The van der Waals surface area contributed by atoms with E-state index >= 15 is 0 Å². The third-order valence-electron chi connectivity index (χ3n) is 2.08. The maximum Gasteiger partial charge on any atom is 0.136 e. The van der Waals surface area contributed by atoms with Crippen molar-refractivity contribution in [3.63, 3.8) is 0 Å². The van der Waals surface area contributed by atoms with Crippen LogP contribution in [0.25, 0.3) is 0 Å². The molecule has 0 aliphatic rings. The highest BCUT2D eigenvalue weighted by Gasteiger charge is 2.06. The van der Waals surface area contributed by atoms with E-state index in [1.54, 1.807) is 19.3 Å². The first-order valence-corrected chi connectivity index (χ1v) is 4.27. The molecule has 1 radical (unpaired) electrons. The topological polar surface area (TPSA) is 33.0 Å². The Morgan fingerprint density at radius 3 is 2.79 bits per heavy atom. The molecule has 0 amide bonds. The molecule has 0 atom stereocenters. The van der Waals surface area contributed by atoms with Gasteiger partial charge < -0.3 is 4.74 Å². The van der Waals surface area contributed by atoms with Crippen molar-refractivity contribution in [2.24, 2.45) is 0 Å². The molecule has 0 aliphatic heterocycles. The summed E-state index contributed by atoms with van der Waals surface area (Å²) >= 11 is 0. The van der Waals surface area contributed by atoms with Crippen LogP contribution >= 0.6 is 0 Å². The second-order valence-corrected chi connectivity index (χ2v) is 2.91. The molecule has 0 spiro atoms. The fraction of sp³-hybridized carbons (Fsp3) is 0.167. The summed E-state index contributed by atoms with van der Waals surface area (Å²) in [4.78, 5) is 0. The van der Waals surface area contributed by atoms with Crippen molar-refractivity contribution >= 4 is 0 Å². The molecule has 1 rings (SSSR count). The van der Waals surface area contributed by atoms with Crippen LogP contribution in [0.5, 0.6) is 5.75 Å². The first-order valence-electron chi connectivity index (χ1n) is 4.27. The summed E-state index contributed by atoms with van der Waals surface area (Å²) in [7, 11) is 1.56. The monoisotopic (exact) mass is 186 g/mol. The fourth-order valence-corrected chi connectivity index (χ4v) is 1.15. The molecule has 0 fully saturated rings. The Labute approximate surface area is 84.4 Å². The first kappa shape index (κ1) is 10.3. The smallest absolute Gasteiger partial charge is 0.136 e. The van der Waals surface area contributed by atoms with Gasteiger partial charge in [0, 0.05) is 5.92 Å². The van der Waals surface area contributed by atoms with Crippen LogP contribution < -0.4 is 4.74 Å². The van der Waals surface area contributed by atoms with Gasteiger partial charge in [0.05, 0.1) is 12.7 Å². The summed E-state index contributed by atoms with van der Waals surface area (Å²) < 4.78 is 5.10. The number of rotatable bonds is 3. The average Bonchev–Trinajstić information content (AvgIpc) is 2.26. The van der Waals surface area contributed by atoms with E-state index in [-0.39, 0.29) is 0 Å². The maximum atomic E-state index is 8.78. The number of nitrogens with zero attached hydrogens (tertiary/aromatic N) is 1. The molecule has 1 aromatic rings. The number of nitriles is 1. The Hall–Kier alpha value is -1.75. The molecule has 0 aromatic heterocycles. The van der Waals surface area contributed by atoms with Crippen molar-refractivity contribution in [1.82, 2.24) is 0 Å². The number of allylic oxidation sites excluding steroid dienone is 1. The third kappa shape index (κ3) is 1.94. The molecule has 71 valence electrons. The lowest BCUT2D eigenvalue weighted by Crippen LogP contribution is -1.93. The predicted molar refractivity (Wildman–Crippen MR) is 55.9 cm³/mol. The second kappa shape index (κ2) is 4.48. The van der Waals surface area contributed by atoms with Crippen molar-refractivity contribution in [2.45, 2.75) is 6.92 Å². The van der Waals surface area contributed by atoms with Gasteiger partial charge in [0.15, 0.2) is 0 Å². The minimum atomic E-state index is 0.549. The maximum absolute atomic E-state index is 8.78. The largest absolute Gasteiger partial charge is 0.495 e. The van der Waals surface area contributed by atoms with Gasteiger partial charge in [0.2, 0.25) is 0 Å². The Morgan fingerprint density at radius 1 is 1.57 bits per heavy atom. The number of ether oxygens (including phenoxy) is 1. The van der Waals surface area contributed by atoms with Gasteiger partial charge in [-0.05, 0) is 17.7 Å². The Balaban J connectivity index is 3.15. The van der Waals surface area contributed by atoms with Gasteiger partial charge in [0.25, 0.3) is 0 Å². The summed E-state index contributed by atoms with van der Waals surface area (Å²) in [6, 6.07) is 7.55. The van der Waals surface area contributed by atoms with Gasteiger partial charge in [-0.1, -0.05) is 19.1 Å². The summed E-state index contributed by atoms with van der Waals surface area (Å²) in [6.45, 7) is 5.66. The van der Waals surface area contributed by atoms with Gasteiger partial charge in [0.1, 0.15) is 11.8 Å². The molecule has 0 aliphatic carbocycles. The lowest BCUT2D eigenvalue weighted by atomic mass is 9.99. The molecular weight excluding hydrogens is 174 g/mol. The third-order valence-corrected chi connectivity index (χ3v) is 2.08. The predicted octanol–water partition coefficient (Wildman–Crippen LogP) is 2.70. The zero-order valence-corrected chi connectivity index (χ0v) is 8.37. The van der Waals surface area contributed by atoms with E-state index in [0.29, 0.717) is 11.3 Å². The van der Waals surface area contributed by atoms with Gasteiger partial charge in [-0.2, -0.15) is 5.26 Å². The Bertz CT molecular complexity index is 376. The lowest BCUT2D eigenvalue weighted by Gasteiger charge is -2.08. The van der Waals surface area contributed by atoms with E-state index in [9.17, 15) is 0 Å². The lowest BCUT2D eigenvalue weighted by molar-refractivity contribution is 0.413. The molecule has 0 bridgehead atoms. The second-order valence-electron chi connectivity index (χ2n) is 2.91. The molecule has 14 heavy (non-hydrogen) atoms. The molecule has 0 saturated heterocycles. The van der Waals surface area contributed by atoms with Crippen LogP contribution in [-0.2, 0) is 0 Å². The van der Waals surface area contributed by atoms with Crippen LogP contribution in [0.4, 0.5) is 0 Å². The molecular formula is C12H12NO. The minimum Gasteiger partial charge on any atom is -0.495 e. The minimum absolute atomic E-state index is 0.549. The number of hydrogen-bond acceptors (Lipinski definition) is 2. The van der Waals surface area contributed by atoms with Crippen molar-refractivity contribution in [2.75, 3.05) is 7.11 Å². The van der Waals surface area contributed by atoms with E-state index < -0.39 is 0 Å². The Morgan fingerprint density at radius 2 is 2.29 bits per heavy atom. The van der Waals surface area contributed by atoms with E-state index in [1.807, 2.05) is 19.1 Å². The molecule has 1 aromatic carbocycles. The molecule has 2 nitrogen and oxygen atoms in total. The van der Waals surface area contributed by atoms with Crippen LogP contribution in [-0.4, -0.2) is 7.11 Å². The van der Waals surface area contributed by atoms with Gasteiger partial charge in [-0.3, -0.25) is 0 Å². The van der Waals surface area contributed by atoms with E-state index in [0.717, 1.165) is 11.5 Å².